The lowest BCUT2D eigenvalue weighted by atomic mass is 9.99. The van der Waals surface area contributed by atoms with Gasteiger partial charge in [-0.25, -0.2) is 4.39 Å². The van der Waals surface area contributed by atoms with Gasteiger partial charge in [-0.05, 0) is 48.2 Å². The van der Waals surface area contributed by atoms with Crippen LogP contribution in [0.5, 0.6) is 5.75 Å². The third-order valence-corrected chi connectivity index (χ3v) is 4.12. The van der Waals surface area contributed by atoms with E-state index in [2.05, 4.69) is 12.2 Å². The zero-order chi connectivity index (χ0) is 16.8. The van der Waals surface area contributed by atoms with Crippen molar-refractivity contribution in [1.82, 2.24) is 5.32 Å². The Bertz CT molecular complexity index is 598. The largest absolute Gasteiger partial charge is 0.497 e. The Balaban J connectivity index is 1.89. The van der Waals surface area contributed by atoms with Gasteiger partial charge >= 0.3 is 0 Å². The van der Waals surface area contributed by atoms with Gasteiger partial charge in [0.1, 0.15) is 11.6 Å². The number of ether oxygens (including phenoxy) is 1. The number of halogens is 1. The number of aliphatic hydroxyl groups is 1. The van der Waals surface area contributed by atoms with Crippen molar-refractivity contribution in [2.45, 2.75) is 31.9 Å². The standard InChI is InChI=1S/C19H24FNO2/c1-13(15-6-10-18(23-3)11-7-15)12-21-14(2)19(22)16-4-8-17(20)9-5-16/h4-11,13-14,19,21-22H,12H2,1-3H3. The van der Waals surface area contributed by atoms with E-state index in [1.165, 1.54) is 17.7 Å². The van der Waals surface area contributed by atoms with Gasteiger partial charge in [0.05, 0.1) is 13.2 Å². The smallest absolute Gasteiger partial charge is 0.123 e. The Morgan fingerprint density at radius 1 is 1.00 bits per heavy atom. The SMILES string of the molecule is COc1ccc(C(C)CNC(C)C(O)c2ccc(F)cc2)cc1. The van der Waals surface area contributed by atoms with Crippen LogP contribution in [0.4, 0.5) is 4.39 Å². The third-order valence-electron chi connectivity index (χ3n) is 4.12. The monoisotopic (exact) mass is 317 g/mol. The van der Waals surface area contributed by atoms with E-state index in [0.717, 1.165) is 12.3 Å². The first-order valence-corrected chi connectivity index (χ1v) is 7.82. The van der Waals surface area contributed by atoms with E-state index in [-0.39, 0.29) is 11.9 Å². The highest BCUT2D eigenvalue weighted by Crippen LogP contribution is 2.20. The molecule has 2 rings (SSSR count). The van der Waals surface area contributed by atoms with E-state index in [1.807, 2.05) is 31.2 Å². The van der Waals surface area contributed by atoms with E-state index in [9.17, 15) is 9.50 Å². The van der Waals surface area contributed by atoms with Crippen LogP contribution in [0.3, 0.4) is 0 Å². The number of aliphatic hydroxyl groups excluding tert-OH is 1. The molecule has 0 saturated heterocycles. The Kier molecular flexibility index (Phi) is 6.13. The summed E-state index contributed by atoms with van der Waals surface area (Å²) in [5.41, 5.74) is 1.92. The Hall–Kier alpha value is -1.91. The maximum absolute atomic E-state index is 12.9. The first kappa shape index (κ1) is 17.4. The Labute approximate surface area is 137 Å². The minimum absolute atomic E-state index is 0.124. The molecule has 0 spiro atoms. The predicted molar refractivity (Wildman–Crippen MR) is 90.2 cm³/mol. The molecular formula is C19H24FNO2. The molecule has 2 aromatic carbocycles. The number of methoxy groups -OCH3 is 1. The van der Waals surface area contributed by atoms with Crippen LogP contribution in [0.25, 0.3) is 0 Å². The highest BCUT2D eigenvalue weighted by Gasteiger charge is 2.17. The second-order valence-corrected chi connectivity index (χ2v) is 5.87. The third kappa shape index (κ3) is 4.78. The predicted octanol–water partition coefficient (Wildman–Crippen LogP) is 3.65. The highest BCUT2D eigenvalue weighted by atomic mass is 19.1. The lowest BCUT2D eigenvalue weighted by Crippen LogP contribution is -2.34. The summed E-state index contributed by atoms with van der Waals surface area (Å²) < 4.78 is 18.1. The molecular weight excluding hydrogens is 293 g/mol. The lowest BCUT2D eigenvalue weighted by molar-refractivity contribution is 0.135. The molecule has 0 amide bonds. The fraction of sp³-hybridized carbons (Fsp3) is 0.368. The summed E-state index contributed by atoms with van der Waals surface area (Å²) in [5, 5.41) is 13.7. The van der Waals surface area contributed by atoms with Crippen LogP contribution in [-0.2, 0) is 0 Å². The molecule has 4 heteroatoms. The van der Waals surface area contributed by atoms with Gasteiger partial charge in [-0.2, -0.15) is 0 Å². The molecule has 0 saturated carbocycles. The van der Waals surface area contributed by atoms with Crippen LogP contribution in [0.1, 0.15) is 37.0 Å². The molecule has 124 valence electrons. The molecule has 0 aromatic heterocycles. The van der Waals surface area contributed by atoms with E-state index in [0.29, 0.717) is 11.5 Å². The first-order valence-electron chi connectivity index (χ1n) is 7.82. The van der Waals surface area contributed by atoms with Crippen molar-refractivity contribution in [3.05, 3.63) is 65.5 Å². The summed E-state index contributed by atoms with van der Waals surface area (Å²) >= 11 is 0. The zero-order valence-corrected chi connectivity index (χ0v) is 13.8. The normalized spacial score (nSPS) is 15.0. The first-order chi connectivity index (χ1) is 11.0. The summed E-state index contributed by atoms with van der Waals surface area (Å²) in [7, 11) is 1.65. The highest BCUT2D eigenvalue weighted by molar-refractivity contribution is 5.29. The van der Waals surface area contributed by atoms with Gasteiger partial charge in [-0.15, -0.1) is 0 Å². The van der Waals surface area contributed by atoms with Gasteiger partial charge in [-0.1, -0.05) is 31.2 Å². The lowest BCUT2D eigenvalue weighted by Gasteiger charge is -2.23. The summed E-state index contributed by atoms with van der Waals surface area (Å²) in [6, 6.07) is 13.8. The second-order valence-electron chi connectivity index (χ2n) is 5.87. The number of rotatable bonds is 7. The van der Waals surface area contributed by atoms with E-state index >= 15 is 0 Å². The van der Waals surface area contributed by atoms with Crippen LogP contribution in [0, 0.1) is 5.82 Å². The molecule has 0 aliphatic rings. The van der Waals surface area contributed by atoms with Crippen molar-refractivity contribution < 1.29 is 14.2 Å². The van der Waals surface area contributed by atoms with Crippen LogP contribution in [0.15, 0.2) is 48.5 Å². The van der Waals surface area contributed by atoms with Crippen molar-refractivity contribution in [3.63, 3.8) is 0 Å². The number of benzene rings is 2. The molecule has 0 radical (unpaired) electrons. The van der Waals surface area contributed by atoms with Gasteiger partial charge in [0, 0.05) is 12.6 Å². The minimum Gasteiger partial charge on any atom is -0.497 e. The molecule has 2 aromatic rings. The fourth-order valence-electron chi connectivity index (χ4n) is 2.47. The average molecular weight is 317 g/mol. The summed E-state index contributed by atoms with van der Waals surface area (Å²) in [4.78, 5) is 0. The quantitative estimate of drug-likeness (QED) is 0.819. The van der Waals surface area contributed by atoms with Crippen molar-refractivity contribution in [2.75, 3.05) is 13.7 Å². The van der Waals surface area contributed by atoms with Crippen LogP contribution < -0.4 is 10.1 Å². The second kappa shape index (κ2) is 8.09. The van der Waals surface area contributed by atoms with Crippen LogP contribution in [-0.4, -0.2) is 24.8 Å². The molecule has 0 aliphatic carbocycles. The van der Waals surface area contributed by atoms with Crippen molar-refractivity contribution >= 4 is 0 Å². The van der Waals surface area contributed by atoms with Gasteiger partial charge in [0.25, 0.3) is 0 Å². The topological polar surface area (TPSA) is 41.5 Å². The zero-order valence-electron chi connectivity index (χ0n) is 13.8. The van der Waals surface area contributed by atoms with E-state index < -0.39 is 6.10 Å². The van der Waals surface area contributed by atoms with E-state index in [1.54, 1.807) is 19.2 Å². The molecule has 2 N–H and O–H groups in total. The van der Waals surface area contributed by atoms with Gasteiger partial charge in [0.15, 0.2) is 0 Å². The number of hydrogen-bond acceptors (Lipinski definition) is 3. The van der Waals surface area contributed by atoms with Crippen LogP contribution >= 0.6 is 0 Å². The molecule has 3 nitrogen and oxygen atoms in total. The molecule has 0 fully saturated rings. The summed E-state index contributed by atoms with van der Waals surface area (Å²) in [5.74, 6) is 0.854. The number of hydrogen-bond donors (Lipinski definition) is 2. The molecule has 3 atom stereocenters. The van der Waals surface area contributed by atoms with Crippen molar-refractivity contribution in [1.29, 1.82) is 0 Å². The fourth-order valence-corrected chi connectivity index (χ4v) is 2.47. The Morgan fingerprint density at radius 3 is 2.13 bits per heavy atom. The molecule has 0 heterocycles. The van der Waals surface area contributed by atoms with Crippen LogP contribution in [0.2, 0.25) is 0 Å². The molecule has 0 bridgehead atoms. The maximum Gasteiger partial charge on any atom is 0.123 e. The van der Waals surface area contributed by atoms with Gasteiger partial charge in [0.2, 0.25) is 0 Å². The van der Waals surface area contributed by atoms with E-state index in [4.69, 9.17) is 4.74 Å². The van der Waals surface area contributed by atoms with Crippen molar-refractivity contribution in [3.8, 4) is 5.75 Å². The Morgan fingerprint density at radius 2 is 1.57 bits per heavy atom. The van der Waals surface area contributed by atoms with Crippen molar-refractivity contribution in [2.24, 2.45) is 0 Å². The molecule has 3 unspecified atom stereocenters. The maximum atomic E-state index is 12.9. The minimum atomic E-state index is -0.668. The molecule has 23 heavy (non-hydrogen) atoms. The van der Waals surface area contributed by atoms with Gasteiger partial charge < -0.3 is 15.2 Å². The molecule has 0 aliphatic heterocycles. The average Bonchev–Trinajstić information content (AvgIpc) is 2.59. The van der Waals surface area contributed by atoms with Gasteiger partial charge in [-0.3, -0.25) is 0 Å². The summed E-state index contributed by atoms with van der Waals surface area (Å²) in [6.45, 7) is 4.80. The number of nitrogens with one attached hydrogen (secondary N) is 1. The summed E-state index contributed by atoms with van der Waals surface area (Å²) in [6.07, 6.45) is -0.668.